The van der Waals surface area contributed by atoms with E-state index in [4.69, 9.17) is 0 Å². The molecule has 1 aromatic heterocycles. The molecule has 1 heterocycles. The molecule has 0 atom stereocenters. The van der Waals surface area contributed by atoms with E-state index in [-0.39, 0.29) is 0 Å². The molecule has 0 aliphatic heterocycles. The van der Waals surface area contributed by atoms with Gasteiger partial charge in [0.2, 0.25) is 0 Å². The van der Waals surface area contributed by atoms with Gasteiger partial charge >= 0.3 is 0 Å². The summed E-state index contributed by atoms with van der Waals surface area (Å²) in [7, 11) is -3.23. The third-order valence-electron chi connectivity index (χ3n) is 8.28. The molecule has 0 unspecified atom stereocenters. The van der Waals surface area contributed by atoms with Crippen molar-refractivity contribution < 1.29 is 0 Å². The van der Waals surface area contributed by atoms with Gasteiger partial charge in [-0.1, -0.05) is 115 Å². The van der Waals surface area contributed by atoms with Crippen molar-refractivity contribution in [1.82, 2.24) is 4.57 Å². The molecule has 0 N–H and O–H groups in total. The van der Waals surface area contributed by atoms with Crippen LogP contribution in [0.3, 0.4) is 0 Å². The minimum absolute atomic E-state index is 0.951. The number of hydrogen-bond donors (Lipinski definition) is 0. The molecule has 0 saturated carbocycles. The molecule has 0 amide bonds. The van der Waals surface area contributed by atoms with Crippen molar-refractivity contribution in [2.24, 2.45) is 10.2 Å². The Kier molecular flexibility index (Phi) is 6.84. The Labute approximate surface area is 222 Å². The summed E-state index contributed by atoms with van der Waals surface area (Å²) in [4.78, 5) is 0. The lowest BCUT2D eigenvalue weighted by molar-refractivity contribution is 0.827. The lowest BCUT2D eigenvalue weighted by Gasteiger charge is -2.39. The molecule has 0 fully saturated rings. The summed E-state index contributed by atoms with van der Waals surface area (Å²) < 4.78 is 2.36. The van der Waals surface area contributed by atoms with Gasteiger partial charge in [0.15, 0.2) is 0 Å². The van der Waals surface area contributed by atoms with Crippen LogP contribution in [0, 0.1) is 0 Å². The number of aromatic nitrogens is 1. The fraction of sp³-hybridized carbons (Fsp3) is 0.188. The number of nitrogens with zero attached hydrogens (tertiary/aromatic N) is 3. The molecular weight excluding hydrogens is 483 g/mol. The van der Waals surface area contributed by atoms with Crippen LogP contribution in [0.4, 0.5) is 0 Å². The van der Waals surface area contributed by atoms with Crippen molar-refractivity contribution in [1.29, 1.82) is 0 Å². The van der Waals surface area contributed by atoms with Crippen LogP contribution < -0.4 is 10.4 Å². The smallest absolute Gasteiger partial charge is 0.0791 e. The molecule has 5 rings (SSSR count). The highest BCUT2D eigenvalue weighted by Gasteiger charge is 2.43. The molecule has 0 aliphatic rings. The normalized spacial score (nSPS) is 12.9. The Morgan fingerprint density at radius 3 is 1.81 bits per heavy atom. The number of aryl methyl sites for hydroxylation is 1. The zero-order valence-corrected chi connectivity index (χ0v) is 24.4. The average molecular weight is 518 g/mol. The summed E-state index contributed by atoms with van der Waals surface area (Å²) in [5.41, 5.74) is 4.66. The zero-order chi connectivity index (χ0) is 26.0. The Bertz CT molecular complexity index is 1590. The highest BCUT2D eigenvalue weighted by atomic mass is 29.3. The van der Waals surface area contributed by atoms with Crippen molar-refractivity contribution >= 4 is 59.8 Å². The number of fused-ring (bicyclic) bond motifs is 3. The van der Waals surface area contributed by atoms with E-state index in [9.17, 15) is 0 Å². The summed E-state index contributed by atoms with van der Waals surface area (Å²) in [6, 6.07) is 35.2. The molecule has 0 bridgehead atoms. The van der Waals surface area contributed by atoms with Gasteiger partial charge in [-0.25, -0.2) is 0 Å². The minimum Gasteiger partial charge on any atom is -0.341 e. The molecule has 3 nitrogen and oxygen atoms in total. The molecular formula is C32H35N3Si2. The number of rotatable bonds is 7. The Balaban J connectivity index is 1.33. The van der Waals surface area contributed by atoms with Crippen molar-refractivity contribution in [2.45, 2.75) is 39.7 Å². The highest BCUT2D eigenvalue weighted by molar-refractivity contribution is 7.49. The van der Waals surface area contributed by atoms with Crippen LogP contribution in [0.1, 0.15) is 18.1 Å². The quantitative estimate of drug-likeness (QED) is 0.128. The van der Waals surface area contributed by atoms with Gasteiger partial charge in [-0.3, -0.25) is 0 Å². The van der Waals surface area contributed by atoms with Gasteiger partial charge in [-0.2, -0.15) is 10.2 Å². The van der Waals surface area contributed by atoms with Gasteiger partial charge in [0.05, 0.1) is 27.6 Å². The summed E-state index contributed by atoms with van der Waals surface area (Å²) in [6.07, 6.45) is 3.68. The van der Waals surface area contributed by atoms with Crippen LogP contribution in [0.25, 0.3) is 21.8 Å². The van der Waals surface area contributed by atoms with Crippen molar-refractivity contribution in [3.8, 4) is 0 Å². The van der Waals surface area contributed by atoms with Gasteiger partial charge in [0.1, 0.15) is 0 Å². The molecule has 5 aromatic rings. The first-order valence-electron chi connectivity index (χ1n) is 13.1. The predicted octanol–water partition coefficient (Wildman–Crippen LogP) is 6.88. The molecule has 0 saturated heterocycles. The number of para-hydroxylation sites is 1. The van der Waals surface area contributed by atoms with E-state index in [1.807, 2.05) is 12.4 Å². The molecule has 5 heteroatoms. The van der Waals surface area contributed by atoms with Crippen LogP contribution in [0.15, 0.2) is 107 Å². The van der Waals surface area contributed by atoms with Crippen LogP contribution in [-0.2, 0) is 6.54 Å². The number of benzene rings is 4. The maximum atomic E-state index is 4.35. The van der Waals surface area contributed by atoms with Gasteiger partial charge in [0.25, 0.3) is 0 Å². The minimum atomic E-state index is -1.63. The molecule has 186 valence electrons. The fourth-order valence-electron chi connectivity index (χ4n) is 5.25. The summed E-state index contributed by atoms with van der Waals surface area (Å²) in [5.74, 6) is 0. The highest BCUT2D eigenvalue weighted by Crippen LogP contribution is 2.29. The Hall–Kier alpha value is -3.55. The molecule has 4 aromatic carbocycles. The Morgan fingerprint density at radius 2 is 1.14 bits per heavy atom. The van der Waals surface area contributed by atoms with Crippen LogP contribution >= 0.6 is 0 Å². The van der Waals surface area contributed by atoms with E-state index in [2.05, 4.69) is 145 Å². The van der Waals surface area contributed by atoms with E-state index in [1.54, 1.807) is 5.19 Å². The van der Waals surface area contributed by atoms with Crippen molar-refractivity contribution in [2.75, 3.05) is 0 Å². The first-order chi connectivity index (χ1) is 17.8. The topological polar surface area (TPSA) is 29.6 Å². The van der Waals surface area contributed by atoms with Crippen LogP contribution in [0.5, 0.6) is 0 Å². The van der Waals surface area contributed by atoms with Crippen LogP contribution in [-0.4, -0.2) is 32.2 Å². The largest absolute Gasteiger partial charge is 0.341 e. The second-order valence-electron chi connectivity index (χ2n) is 10.8. The van der Waals surface area contributed by atoms with E-state index < -0.39 is 15.2 Å². The molecule has 37 heavy (non-hydrogen) atoms. The second kappa shape index (κ2) is 10.1. The maximum absolute atomic E-state index is 4.35. The van der Waals surface area contributed by atoms with E-state index in [0.29, 0.717) is 0 Å². The summed E-state index contributed by atoms with van der Waals surface area (Å²) in [5, 5.41) is 14.3. The van der Waals surface area contributed by atoms with E-state index >= 15 is 0 Å². The standard InChI is InChI=1S/C32H35N3Si2/c1-6-35-31-15-11-10-14-29(31)30-22-26(18-21-32(30)35)24-34-33-23-25-16-19-28(20-17-25)37(4,5)36(2,3)27-12-8-7-9-13-27/h7-24H,6H2,1-5H3/b33-23-,34-24+. The van der Waals surface area contributed by atoms with Gasteiger partial charge < -0.3 is 4.57 Å². The fourth-order valence-corrected chi connectivity index (χ4v) is 14.1. The third kappa shape index (κ3) is 4.65. The van der Waals surface area contributed by atoms with Gasteiger partial charge in [-0.05, 0) is 36.2 Å². The first kappa shape index (κ1) is 25.1. The lowest BCUT2D eigenvalue weighted by Crippen LogP contribution is -2.69. The van der Waals surface area contributed by atoms with Gasteiger partial charge in [-0.15, -0.1) is 0 Å². The monoisotopic (exact) mass is 517 g/mol. The second-order valence-corrected chi connectivity index (χ2v) is 25.9. The third-order valence-corrected chi connectivity index (χ3v) is 26.1. The van der Waals surface area contributed by atoms with Crippen LogP contribution in [0.2, 0.25) is 26.2 Å². The SMILES string of the molecule is CCn1c2ccccc2c2cc(/C=N/N=C\c3ccc([Si](C)(C)[Si](C)(C)c4ccccc4)cc3)ccc21. The van der Waals surface area contributed by atoms with Crippen molar-refractivity contribution in [3.05, 3.63) is 108 Å². The Morgan fingerprint density at radius 1 is 0.595 bits per heavy atom. The predicted molar refractivity (Wildman–Crippen MR) is 167 cm³/mol. The lowest BCUT2D eigenvalue weighted by atomic mass is 10.1. The van der Waals surface area contributed by atoms with E-state index in [0.717, 1.165) is 17.7 Å². The average Bonchev–Trinajstić information content (AvgIpc) is 3.24. The molecule has 0 aliphatic carbocycles. The number of hydrogen-bond acceptors (Lipinski definition) is 2. The zero-order valence-electron chi connectivity index (χ0n) is 22.4. The molecule has 0 radical (unpaired) electrons. The molecule has 0 spiro atoms. The van der Waals surface area contributed by atoms with Gasteiger partial charge in [0, 0.05) is 28.4 Å². The van der Waals surface area contributed by atoms with Crippen molar-refractivity contribution in [3.63, 3.8) is 0 Å². The maximum Gasteiger partial charge on any atom is 0.0791 e. The summed E-state index contributed by atoms with van der Waals surface area (Å²) in [6.45, 7) is 13.2. The van der Waals surface area contributed by atoms with E-state index in [1.165, 1.54) is 27.0 Å². The first-order valence-corrected chi connectivity index (χ1v) is 20.1. The summed E-state index contributed by atoms with van der Waals surface area (Å²) >= 11 is 0.